The van der Waals surface area contributed by atoms with E-state index >= 15 is 0 Å². The highest BCUT2D eigenvalue weighted by atomic mass is 16.5. The first-order valence-corrected chi connectivity index (χ1v) is 6.94. The number of carbonyl (C=O) groups excluding carboxylic acids is 1. The van der Waals surface area contributed by atoms with Gasteiger partial charge in [0.25, 0.3) is 0 Å². The standard InChI is InChI=1S/C16H24N2O2/c1-9-12-8-16(4,5)20-15(12)10(2)14(18(6)7)13(9)17-11(3)19/h8H2,1-7H3,(H,17,19). The molecule has 0 radical (unpaired) electrons. The van der Waals surface area contributed by atoms with Crippen molar-refractivity contribution in [3.63, 3.8) is 0 Å². The van der Waals surface area contributed by atoms with Crippen molar-refractivity contribution in [1.29, 1.82) is 0 Å². The molecule has 0 spiro atoms. The molecular weight excluding hydrogens is 252 g/mol. The summed E-state index contributed by atoms with van der Waals surface area (Å²) in [7, 11) is 3.97. The molecule has 0 unspecified atom stereocenters. The van der Waals surface area contributed by atoms with Crippen LogP contribution in [0.5, 0.6) is 5.75 Å². The maximum atomic E-state index is 11.5. The van der Waals surface area contributed by atoms with E-state index in [1.54, 1.807) is 6.92 Å². The molecule has 1 aliphatic heterocycles. The highest BCUT2D eigenvalue weighted by Gasteiger charge is 2.35. The molecule has 0 aliphatic carbocycles. The van der Waals surface area contributed by atoms with Crippen LogP contribution >= 0.6 is 0 Å². The maximum Gasteiger partial charge on any atom is 0.221 e. The monoisotopic (exact) mass is 276 g/mol. The second kappa shape index (κ2) is 4.69. The van der Waals surface area contributed by atoms with E-state index in [1.807, 2.05) is 19.0 Å². The normalized spacial score (nSPS) is 15.6. The summed E-state index contributed by atoms with van der Waals surface area (Å²) in [6, 6.07) is 0. The topological polar surface area (TPSA) is 41.6 Å². The Morgan fingerprint density at radius 2 is 1.85 bits per heavy atom. The van der Waals surface area contributed by atoms with Crippen LogP contribution in [0.3, 0.4) is 0 Å². The van der Waals surface area contributed by atoms with Crippen molar-refractivity contribution < 1.29 is 9.53 Å². The molecule has 1 N–H and O–H groups in total. The Hall–Kier alpha value is -1.71. The first kappa shape index (κ1) is 14.7. The predicted octanol–water partition coefficient (Wildman–Crippen LogP) is 3.04. The number of amides is 1. The minimum Gasteiger partial charge on any atom is -0.487 e. The molecule has 1 aromatic carbocycles. The third-order valence-corrected chi connectivity index (χ3v) is 3.76. The molecule has 0 saturated heterocycles. The van der Waals surface area contributed by atoms with Crippen molar-refractivity contribution in [2.75, 3.05) is 24.3 Å². The van der Waals surface area contributed by atoms with Crippen LogP contribution in [0.2, 0.25) is 0 Å². The Bertz CT molecular complexity index is 575. The molecule has 110 valence electrons. The molecule has 2 rings (SSSR count). The number of benzene rings is 1. The number of ether oxygens (including phenoxy) is 1. The second-order valence-corrected chi connectivity index (χ2v) is 6.40. The van der Waals surface area contributed by atoms with Crippen molar-refractivity contribution >= 4 is 17.3 Å². The van der Waals surface area contributed by atoms with Gasteiger partial charge in [-0.3, -0.25) is 4.79 Å². The maximum absolute atomic E-state index is 11.5. The highest BCUT2D eigenvalue weighted by Crippen LogP contribution is 2.47. The number of hydrogen-bond acceptors (Lipinski definition) is 3. The average Bonchev–Trinajstić information content (AvgIpc) is 2.61. The average molecular weight is 276 g/mol. The Morgan fingerprint density at radius 1 is 1.25 bits per heavy atom. The van der Waals surface area contributed by atoms with Gasteiger partial charge in [0, 0.05) is 38.6 Å². The molecule has 1 amide bonds. The lowest BCUT2D eigenvalue weighted by Gasteiger charge is -2.25. The Labute approximate surface area is 121 Å². The van der Waals surface area contributed by atoms with Gasteiger partial charge >= 0.3 is 0 Å². The van der Waals surface area contributed by atoms with Crippen LogP contribution in [-0.4, -0.2) is 25.6 Å². The Morgan fingerprint density at radius 3 is 2.35 bits per heavy atom. The van der Waals surface area contributed by atoms with E-state index in [2.05, 4.69) is 33.0 Å². The first-order valence-electron chi connectivity index (χ1n) is 6.94. The second-order valence-electron chi connectivity index (χ2n) is 6.40. The largest absolute Gasteiger partial charge is 0.487 e. The zero-order valence-corrected chi connectivity index (χ0v) is 13.5. The Balaban J connectivity index is 2.70. The van der Waals surface area contributed by atoms with Gasteiger partial charge in [-0.2, -0.15) is 0 Å². The predicted molar refractivity (Wildman–Crippen MR) is 83.0 cm³/mol. The van der Waals surface area contributed by atoms with Crippen molar-refractivity contribution in [1.82, 2.24) is 0 Å². The lowest BCUT2D eigenvalue weighted by atomic mass is 9.94. The number of carbonyl (C=O) groups is 1. The molecule has 4 nitrogen and oxygen atoms in total. The number of anilines is 2. The van der Waals surface area contributed by atoms with Gasteiger partial charge in [-0.25, -0.2) is 0 Å². The summed E-state index contributed by atoms with van der Waals surface area (Å²) in [5.41, 5.74) is 5.15. The van der Waals surface area contributed by atoms with E-state index < -0.39 is 0 Å². The van der Waals surface area contributed by atoms with Gasteiger partial charge in [0.05, 0.1) is 11.4 Å². The summed E-state index contributed by atoms with van der Waals surface area (Å²) in [5, 5.41) is 2.98. The third-order valence-electron chi connectivity index (χ3n) is 3.76. The van der Waals surface area contributed by atoms with Crippen LogP contribution in [-0.2, 0) is 11.2 Å². The van der Waals surface area contributed by atoms with Gasteiger partial charge in [0.1, 0.15) is 11.4 Å². The van der Waals surface area contributed by atoms with Crippen molar-refractivity contribution in [2.45, 2.75) is 46.6 Å². The number of rotatable bonds is 2. The van der Waals surface area contributed by atoms with Crippen LogP contribution in [0.4, 0.5) is 11.4 Å². The van der Waals surface area contributed by atoms with Gasteiger partial charge in [-0.1, -0.05) is 0 Å². The summed E-state index contributed by atoms with van der Waals surface area (Å²) in [4.78, 5) is 13.5. The molecule has 0 aromatic heterocycles. The van der Waals surface area contributed by atoms with E-state index in [9.17, 15) is 4.79 Å². The van der Waals surface area contributed by atoms with Gasteiger partial charge in [0.15, 0.2) is 0 Å². The molecule has 1 aromatic rings. The van der Waals surface area contributed by atoms with E-state index in [4.69, 9.17) is 4.74 Å². The molecule has 0 fully saturated rings. The molecule has 0 atom stereocenters. The summed E-state index contributed by atoms with van der Waals surface area (Å²) in [6.07, 6.45) is 0.870. The smallest absolute Gasteiger partial charge is 0.221 e. The van der Waals surface area contributed by atoms with Gasteiger partial charge in [0.2, 0.25) is 5.91 Å². The number of hydrogen-bond donors (Lipinski definition) is 1. The lowest BCUT2D eigenvalue weighted by molar-refractivity contribution is -0.114. The fourth-order valence-corrected chi connectivity index (χ4v) is 3.00. The van der Waals surface area contributed by atoms with E-state index in [0.29, 0.717) is 0 Å². The summed E-state index contributed by atoms with van der Waals surface area (Å²) >= 11 is 0. The SMILES string of the molecule is CC(=O)Nc1c(C)c2c(c(C)c1N(C)C)OC(C)(C)C2. The van der Waals surface area contributed by atoms with Crippen LogP contribution in [0.25, 0.3) is 0 Å². The zero-order chi connectivity index (χ0) is 15.2. The molecule has 0 bridgehead atoms. The fraction of sp³-hybridized carbons (Fsp3) is 0.562. The van der Waals surface area contributed by atoms with Crippen molar-refractivity contribution in [2.24, 2.45) is 0 Å². The number of nitrogens with one attached hydrogen (secondary N) is 1. The van der Waals surface area contributed by atoms with E-state index in [-0.39, 0.29) is 11.5 Å². The van der Waals surface area contributed by atoms with Crippen LogP contribution in [0.15, 0.2) is 0 Å². The molecule has 20 heavy (non-hydrogen) atoms. The minimum atomic E-state index is -0.184. The summed E-state index contributed by atoms with van der Waals surface area (Å²) in [5.74, 6) is 0.930. The molecule has 1 aliphatic rings. The van der Waals surface area contributed by atoms with Crippen LogP contribution < -0.4 is 15.0 Å². The quantitative estimate of drug-likeness (QED) is 0.902. The third kappa shape index (κ3) is 2.35. The van der Waals surface area contributed by atoms with E-state index in [1.165, 1.54) is 5.56 Å². The zero-order valence-electron chi connectivity index (χ0n) is 13.5. The molecule has 1 heterocycles. The molecular formula is C16H24N2O2. The molecule has 4 heteroatoms. The van der Waals surface area contributed by atoms with Crippen molar-refractivity contribution in [3.8, 4) is 5.75 Å². The fourth-order valence-electron chi connectivity index (χ4n) is 3.00. The van der Waals surface area contributed by atoms with E-state index in [0.717, 1.165) is 34.7 Å². The first-order chi connectivity index (χ1) is 9.14. The summed E-state index contributed by atoms with van der Waals surface area (Å²) < 4.78 is 6.12. The number of nitrogens with zero attached hydrogens (tertiary/aromatic N) is 1. The Kier molecular flexibility index (Phi) is 3.44. The molecule has 0 saturated carbocycles. The minimum absolute atomic E-state index is 0.0475. The van der Waals surface area contributed by atoms with Gasteiger partial charge in [-0.15, -0.1) is 0 Å². The van der Waals surface area contributed by atoms with Crippen molar-refractivity contribution in [3.05, 3.63) is 16.7 Å². The lowest BCUT2D eigenvalue weighted by Crippen LogP contribution is -2.25. The highest BCUT2D eigenvalue weighted by molar-refractivity contribution is 5.96. The summed E-state index contributed by atoms with van der Waals surface area (Å²) in [6.45, 7) is 9.85. The number of fused-ring (bicyclic) bond motifs is 1. The van der Waals surface area contributed by atoms with Gasteiger partial charge in [-0.05, 0) is 33.3 Å². The van der Waals surface area contributed by atoms with Crippen LogP contribution in [0.1, 0.15) is 37.5 Å². The van der Waals surface area contributed by atoms with Gasteiger partial charge < -0.3 is 15.0 Å². The van der Waals surface area contributed by atoms with Crippen LogP contribution in [0, 0.1) is 13.8 Å².